The Kier molecular flexibility index (Phi) is 4.24. The molecule has 3 heterocycles. The molecule has 0 bridgehead atoms. The molecule has 7 nitrogen and oxygen atoms in total. The van der Waals surface area contributed by atoms with Crippen LogP contribution >= 0.6 is 0 Å². The van der Waals surface area contributed by atoms with E-state index in [4.69, 9.17) is 0 Å². The number of carbonyl (C=O) groups excluding carboxylic acids is 1. The number of likely N-dealkylation sites (N-methyl/N-ethyl adjacent to an activating group) is 1. The molecule has 1 N–H and O–H groups in total. The van der Waals surface area contributed by atoms with Gasteiger partial charge in [0, 0.05) is 44.6 Å². The Labute approximate surface area is 164 Å². The number of aryl methyl sites for hydroxylation is 1. The van der Waals surface area contributed by atoms with E-state index in [0.717, 1.165) is 50.5 Å². The minimum absolute atomic E-state index is 0.0675. The number of piperazine rings is 1. The zero-order chi connectivity index (χ0) is 19.1. The van der Waals surface area contributed by atoms with E-state index >= 15 is 0 Å². The number of aromatic nitrogens is 3. The second-order valence-corrected chi connectivity index (χ2v) is 7.70. The van der Waals surface area contributed by atoms with Crippen molar-refractivity contribution in [3.05, 3.63) is 59.4 Å². The van der Waals surface area contributed by atoms with Crippen LogP contribution < -0.4 is 10.2 Å². The van der Waals surface area contributed by atoms with E-state index in [1.165, 1.54) is 11.1 Å². The first-order valence-electron chi connectivity index (χ1n) is 9.85. The number of nitrogens with one attached hydrogen (secondary N) is 1. The Hall–Kier alpha value is -2.93. The molecule has 28 heavy (non-hydrogen) atoms. The number of amides is 1. The maximum Gasteiger partial charge on any atom is 0.254 e. The summed E-state index contributed by atoms with van der Waals surface area (Å²) in [5, 5.41) is 7.81. The molecule has 3 aromatic rings. The normalized spacial score (nSPS) is 19.8. The highest BCUT2D eigenvalue weighted by Crippen LogP contribution is 2.30. The molecular formula is C21H24N6O. The van der Waals surface area contributed by atoms with E-state index in [-0.39, 0.29) is 11.9 Å². The molecule has 1 amide bonds. The van der Waals surface area contributed by atoms with Crippen LogP contribution in [0, 0.1) is 0 Å². The fourth-order valence-electron chi connectivity index (χ4n) is 4.12. The van der Waals surface area contributed by atoms with Gasteiger partial charge in [-0.1, -0.05) is 24.3 Å². The van der Waals surface area contributed by atoms with Gasteiger partial charge < -0.3 is 15.1 Å². The number of hydrogen-bond acceptors (Lipinski definition) is 5. The standard InChI is InChI=1S/C21H24N6O/c1-25-8-10-26(11-9-25)20-12-19-22-13-16(14-27(19)24-20)21(28)23-18-7-6-15-4-2-3-5-17(15)18/h2-5,12-14,18H,6-11H2,1H3,(H,23,28)/t18-/m0/s1. The smallest absolute Gasteiger partial charge is 0.254 e. The average molecular weight is 376 g/mol. The first-order valence-corrected chi connectivity index (χ1v) is 9.85. The van der Waals surface area contributed by atoms with Crippen molar-refractivity contribution in [3.8, 4) is 0 Å². The second kappa shape index (κ2) is 6.91. The van der Waals surface area contributed by atoms with Crippen LogP contribution in [0.1, 0.15) is 33.9 Å². The molecule has 0 radical (unpaired) electrons. The number of rotatable bonds is 3. The minimum atomic E-state index is -0.104. The van der Waals surface area contributed by atoms with Crippen LogP contribution in [0.4, 0.5) is 5.82 Å². The van der Waals surface area contributed by atoms with Gasteiger partial charge in [0.2, 0.25) is 0 Å². The number of benzene rings is 1. The quantitative estimate of drug-likeness (QED) is 0.756. The summed E-state index contributed by atoms with van der Waals surface area (Å²) in [6, 6.07) is 10.4. The largest absolute Gasteiger partial charge is 0.353 e. The van der Waals surface area contributed by atoms with Gasteiger partial charge in [-0.25, -0.2) is 9.50 Å². The monoisotopic (exact) mass is 376 g/mol. The summed E-state index contributed by atoms with van der Waals surface area (Å²) < 4.78 is 1.71. The third-order valence-corrected chi connectivity index (χ3v) is 5.83. The third kappa shape index (κ3) is 3.11. The number of hydrogen-bond donors (Lipinski definition) is 1. The summed E-state index contributed by atoms with van der Waals surface area (Å²) in [6.07, 6.45) is 5.36. The van der Waals surface area contributed by atoms with Crippen molar-refractivity contribution < 1.29 is 4.79 Å². The summed E-state index contributed by atoms with van der Waals surface area (Å²) in [7, 11) is 2.14. The fourth-order valence-corrected chi connectivity index (χ4v) is 4.12. The Balaban J connectivity index is 1.34. The Bertz CT molecular complexity index is 1020. The number of anilines is 1. The van der Waals surface area contributed by atoms with Gasteiger partial charge in [-0.2, -0.15) is 0 Å². The van der Waals surface area contributed by atoms with Crippen molar-refractivity contribution in [1.82, 2.24) is 24.8 Å². The second-order valence-electron chi connectivity index (χ2n) is 7.70. The molecule has 1 fully saturated rings. The number of nitrogens with zero attached hydrogens (tertiary/aromatic N) is 5. The van der Waals surface area contributed by atoms with Gasteiger partial charge >= 0.3 is 0 Å². The first-order chi connectivity index (χ1) is 13.7. The van der Waals surface area contributed by atoms with Crippen LogP contribution in [0.25, 0.3) is 5.65 Å². The van der Waals surface area contributed by atoms with Crippen LogP contribution in [0.2, 0.25) is 0 Å². The molecular weight excluding hydrogens is 352 g/mol. The van der Waals surface area contributed by atoms with Crippen molar-refractivity contribution in [2.24, 2.45) is 0 Å². The van der Waals surface area contributed by atoms with Crippen LogP contribution in [0.15, 0.2) is 42.7 Å². The molecule has 5 rings (SSSR count). The highest BCUT2D eigenvalue weighted by Gasteiger charge is 2.24. The molecule has 0 saturated carbocycles. The molecule has 1 aliphatic heterocycles. The summed E-state index contributed by atoms with van der Waals surface area (Å²) in [4.78, 5) is 21.8. The van der Waals surface area contributed by atoms with E-state index in [9.17, 15) is 4.79 Å². The van der Waals surface area contributed by atoms with Crippen LogP contribution in [-0.4, -0.2) is 58.6 Å². The van der Waals surface area contributed by atoms with Gasteiger partial charge in [0.25, 0.3) is 5.91 Å². The summed E-state index contributed by atoms with van der Waals surface area (Å²) >= 11 is 0. The van der Waals surface area contributed by atoms with Crippen molar-refractivity contribution >= 4 is 17.4 Å². The third-order valence-electron chi connectivity index (χ3n) is 5.83. The SMILES string of the molecule is CN1CCN(c2cc3ncc(C(=O)N[C@H]4CCc5ccccc54)cn3n2)CC1. The molecule has 1 aliphatic carbocycles. The lowest BCUT2D eigenvalue weighted by atomic mass is 10.1. The number of fused-ring (bicyclic) bond motifs is 2. The predicted molar refractivity (Wildman–Crippen MR) is 108 cm³/mol. The molecule has 2 aromatic heterocycles. The van der Waals surface area contributed by atoms with E-state index in [2.05, 4.69) is 50.4 Å². The summed E-state index contributed by atoms with van der Waals surface area (Å²) in [6.45, 7) is 3.96. The van der Waals surface area contributed by atoms with Crippen molar-refractivity contribution in [2.45, 2.75) is 18.9 Å². The van der Waals surface area contributed by atoms with Crippen LogP contribution in [-0.2, 0) is 6.42 Å². The number of carbonyl (C=O) groups is 1. The maximum absolute atomic E-state index is 12.8. The highest BCUT2D eigenvalue weighted by molar-refractivity contribution is 5.94. The van der Waals surface area contributed by atoms with Gasteiger partial charge in [0.1, 0.15) is 0 Å². The average Bonchev–Trinajstić information content (AvgIpc) is 3.32. The van der Waals surface area contributed by atoms with Gasteiger partial charge in [0.15, 0.2) is 11.5 Å². The van der Waals surface area contributed by atoms with Gasteiger partial charge in [0.05, 0.1) is 11.6 Å². The molecule has 0 unspecified atom stereocenters. The van der Waals surface area contributed by atoms with E-state index in [1.54, 1.807) is 16.9 Å². The molecule has 1 aromatic carbocycles. The van der Waals surface area contributed by atoms with E-state index in [0.29, 0.717) is 5.56 Å². The molecule has 7 heteroatoms. The lowest BCUT2D eigenvalue weighted by Crippen LogP contribution is -2.44. The topological polar surface area (TPSA) is 65.8 Å². The molecule has 2 aliphatic rings. The summed E-state index contributed by atoms with van der Waals surface area (Å²) in [5.74, 6) is 0.815. The molecule has 1 saturated heterocycles. The van der Waals surface area contributed by atoms with Crippen molar-refractivity contribution in [1.29, 1.82) is 0 Å². The van der Waals surface area contributed by atoms with Gasteiger partial charge in [-0.15, -0.1) is 5.10 Å². The highest BCUT2D eigenvalue weighted by atomic mass is 16.1. The van der Waals surface area contributed by atoms with Crippen molar-refractivity contribution in [2.75, 3.05) is 38.1 Å². The zero-order valence-electron chi connectivity index (χ0n) is 16.0. The van der Waals surface area contributed by atoms with E-state index in [1.807, 2.05) is 12.1 Å². The maximum atomic E-state index is 12.8. The summed E-state index contributed by atoms with van der Waals surface area (Å²) in [5.41, 5.74) is 3.84. The van der Waals surface area contributed by atoms with Crippen LogP contribution in [0.5, 0.6) is 0 Å². The predicted octanol–water partition coefficient (Wildman–Crippen LogP) is 1.90. The zero-order valence-corrected chi connectivity index (χ0v) is 16.0. The lowest BCUT2D eigenvalue weighted by molar-refractivity contribution is 0.0936. The van der Waals surface area contributed by atoms with Crippen molar-refractivity contribution in [3.63, 3.8) is 0 Å². The van der Waals surface area contributed by atoms with Crippen LogP contribution in [0.3, 0.4) is 0 Å². The fraction of sp³-hybridized carbons (Fsp3) is 0.381. The Morgan fingerprint density at radius 1 is 1.18 bits per heavy atom. The van der Waals surface area contributed by atoms with Gasteiger partial charge in [-0.3, -0.25) is 4.79 Å². The molecule has 144 valence electrons. The van der Waals surface area contributed by atoms with E-state index < -0.39 is 0 Å². The van der Waals surface area contributed by atoms with Gasteiger partial charge in [-0.05, 0) is 31.0 Å². The minimum Gasteiger partial charge on any atom is -0.353 e. The Morgan fingerprint density at radius 2 is 2.00 bits per heavy atom. The Morgan fingerprint density at radius 3 is 2.86 bits per heavy atom. The molecule has 0 spiro atoms. The lowest BCUT2D eigenvalue weighted by Gasteiger charge is -2.32. The molecule has 1 atom stereocenters. The first kappa shape index (κ1) is 17.2.